The largest absolute Gasteiger partial charge is 0.395 e. The third-order valence-corrected chi connectivity index (χ3v) is 3.70. The normalized spacial score (nSPS) is 12.3. The van der Waals surface area contributed by atoms with Crippen molar-refractivity contribution in [2.75, 3.05) is 32.1 Å². The zero-order valence-corrected chi connectivity index (χ0v) is 9.33. The summed E-state index contributed by atoms with van der Waals surface area (Å²) < 4.78 is 24.2. The van der Waals surface area contributed by atoms with Gasteiger partial charge < -0.3 is 10.2 Å². The monoisotopic (exact) mass is 225 g/mol. The van der Waals surface area contributed by atoms with Crippen LogP contribution in [0.3, 0.4) is 0 Å². The van der Waals surface area contributed by atoms with Gasteiger partial charge in [-0.15, -0.1) is 0 Å². The summed E-state index contributed by atoms with van der Waals surface area (Å²) >= 11 is 0. The summed E-state index contributed by atoms with van der Waals surface area (Å²) in [6.45, 7) is 1.93. The van der Waals surface area contributed by atoms with E-state index in [1.54, 1.807) is 0 Å². The van der Waals surface area contributed by atoms with E-state index in [0.717, 1.165) is 12.8 Å². The molecule has 0 aromatic heterocycles. The molecule has 0 aliphatic heterocycles. The lowest BCUT2D eigenvalue weighted by atomic mass is 10.3. The van der Waals surface area contributed by atoms with Gasteiger partial charge in [-0.3, -0.25) is 0 Å². The molecule has 0 bridgehead atoms. The van der Waals surface area contributed by atoms with Crippen LogP contribution in [-0.4, -0.2) is 55.0 Å². The van der Waals surface area contributed by atoms with Crippen molar-refractivity contribution in [2.24, 2.45) is 0 Å². The van der Waals surface area contributed by atoms with Crippen molar-refractivity contribution in [2.45, 2.75) is 19.8 Å². The molecule has 0 fully saturated rings. The SMILES string of the molecule is CCCCN(CCO)S(=O)(=O)CCO. The van der Waals surface area contributed by atoms with Crippen molar-refractivity contribution in [3.05, 3.63) is 0 Å². The zero-order valence-electron chi connectivity index (χ0n) is 8.52. The van der Waals surface area contributed by atoms with E-state index in [-0.39, 0.29) is 25.5 Å². The van der Waals surface area contributed by atoms with Crippen molar-refractivity contribution in [1.29, 1.82) is 0 Å². The molecule has 0 heterocycles. The summed E-state index contributed by atoms with van der Waals surface area (Å²) in [6.07, 6.45) is 1.67. The van der Waals surface area contributed by atoms with Crippen molar-refractivity contribution >= 4 is 10.0 Å². The molecular formula is C8H19NO4S. The summed E-state index contributed by atoms with van der Waals surface area (Å²) in [4.78, 5) is 0. The molecule has 5 nitrogen and oxygen atoms in total. The molecule has 6 heteroatoms. The van der Waals surface area contributed by atoms with E-state index in [1.165, 1.54) is 4.31 Å². The van der Waals surface area contributed by atoms with E-state index < -0.39 is 10.0 Å². The van der Waals surface area contributed by atoms with E-state index >= 15 is 0 Å². The topological polar surface area (TPSA) is 77.8 Å². The maximum Gasteiger partial charge on any atom is 0.216 e. The van der Waals surface area contributed by atoms with Crippen LogP contribution in [0.5, 0.6) is 0 Å². The van der Waals surface area contributed by atoms with Gasteiger partial charge in [0.25, 0.3) is 0 Å². The molecule has 0 spiro atoms. The number of sulfonamides is 1. The van der Waals surface area contributed by atoms with Gasteiger partial charge in [-0.05, 0) is 6.42 Å². The molecule has 0 rings (SSSR count). The smallest absolute Gasteiger partial charge is 0.216 e. The van der Waals surface area contributed by atoms with Gasteiger partial charge in [-0.1, -0.05) is 13.3 Å². The predicted octanol–water partition coefficient (Wildman–Crippen LogP) is -0.597. The first-order valence-corrected chi connectivity index (χ1v) is 6.39. The lowest BCUT2D eigenvalue weighted by Gasteiger charge is -2.20. The Morgan fingerprint density at radius 3 is 2.21 bits per heavy atom. The van der Waals surface area contributed by atoms with Gasteiger partial charge in [0.2, 0.25) is 10.0 Å². The predicted molar refractivity (Wildman–Crippen MR) is 54.4 cm³/mol. The van der Waals surface area contributed by atoms with E-state index in [0.29, 0.717) is 6.54 Å². The first-order valence-electron chi connectivity index (χ1n) is 4.78. The maximum absolute atomic E-state index is 11.5. The Morgan fingerprint density at radius 1 is 1.14 bits per heavy atom. The fraction of sp³-hybridized carbons (Fsp3) is 1.00. The molecule has 0 unspecified atom stereocenters. The van der Waals surface area contributed by atoms with Crippen molar-refractivity contribution in [3.8, 4) is 0 Å². The molecule has 86 valence electrons. The zero-order chi connectivity index (χ0) is 11.0. The molecule has 0 aliphatic carbocycles. The first kappa shape index (κ1) is 13.8. The van der Waals surface area contributed by atoms with E-state index in [9.17, 15) is 8.42 Å². The minimum Gasteiger partial charge on any atom is -0.395 e. The standard InChI is InChI=1S/C8H19NO4S/c1-2-3-4-9(5-6-10)14(12,13)8-7-11/h10-11H,2-8H2,1H3. The minimum absolute atomic E-state index is 0.113. The Balaban J connectivity index is 4.30. The molecule has 0 atom stereocenters. The van der Waals surface area contributed by atoms with Crippen LogP contribution in [-0.2, 0) is 10.0 Å². The molecule has 0 saturated carbocycles. The quantitative estimate of drug-likeness (QED) is 0.578. The lowest BCUT2D eigenvalue weighted by molar-refractivity contribution is 0.250. The van der Waals surface area contributed by atoms with Crippen LogP contribution in [0, 0.1) is 0 Å². The number of aliphatic hydroxyl groups is 2. The summed E-state index contributed by atoms with van der Waals surface area (Å²) in [5.74, 6) is -0.267. The molecular weight excluding hydrogens is 206 g/mol. The van der Waals surface area contributed by atoms with Crippen LogP contribution >= 0.6 is 0 Å². The summed E-state index contributed by atoms with van der Waals surface area (Å²) in [5, 5.41) is 17.3. The van der Waals surface area contributed by atoms with Gasteiger partial charge in [-0.2, -0.15) is 4.31 Å². The van der Waals surface area contributed by atoms with Crippen LogP contribution in [0.4, 0.5) is 0 Å². The Bertz CT molecular complexity index is 227. The molecule has 14 heavy (non-hydrogen) atoms. The molecule has 0 aromatic carbocycles. The number of aliphatic hydroxyl groups excluding tert-OH is 2. The van der Waals surface area contributed by atoms with Gasteiger partial charge >= 0.3 is 0 Å². The molecule has 0 saturated heterocycles. The summed E-state index contributed by atoms with van der Waals surface area (Å²) in [5.41, 5.74) is 0. The number of nitrogens with zero attached hydrogens (tertiary/aromatic N) is 1. The first-order chi connectivity index (χ1) is 6.58. The lowest BCUT2D eigenvalue weighted by Crippen LogP contribution is -2.36. The van der Waals surface area contributed by atoms with Crippen LogP contribution in [0.15, 0.2) is 0 Å². The molecule has 0 amide bonds. The second kappa shape index (κ2) is 7.17. The fourth-order valence-corrected chi connectivity index (χ4v) is 2.34. The number of hydrogen-bond acceptors (Lipinski definition) is 4. The fourth-order valence-electron chi connectivity index (χ4n) is 1.08. The number of rotatable bonds is 8. The van der Waals surface area contributed by atoms with Crippen molar-refractivity contribution in [3.63, 3.8) is 0 Å². The minimum atomic E-state index is -3.38. The van der Waals surface area contributed by atoms with E-state index in [2.05, 4.69) is 0 Å². The molecule has 0 aromatic rings. The highest BCUT2D eigenvalue weighted by Gasteiger charge is 2.19. The Kier molecular flexibility index (Phi) is 7.08. The highest BCUT2D eigenvalue weighted by molar-refractivity contribution is 7.89. The summed E-state index contributed by atoms with van der Waals surface area (Å²) in [7, 11) is -3.38. The second-order valence-corrected chi connectivity index (χ2v) is 5.10. The van der Waals surface area contributed by atoms with Crippen LogP contribution in [0.1, 0.15) is 19.8 Å². The number of unbranched alkanes of at least 4 members (excludes halogenated alkanes) is 1. The van der Waals surface area contributed by atoms with Gasteiger partial charge in [-0.25, -0.2) is 8.42 Å². The van der Waals surface area contributed by atoms with Gasteiger partial charge in [0.15, 0.2) is 0 Å². The Labute approximate surface area is 85.4 Å². The maximum atomic E-state index is 11.5. The van der Waals surface area contributed by atoms with Gasteiger partial charge in [0, 0.05) is 13.1 Å². The van der Waals surface area contributed by atoms with Crippen LogP contribution < -0.4 is 0 Å². The molecule has 0 radical (unpaired) electrons. The average molecular weight is 225 g/mol. The third kappa shape index (κ3) is 4.90. The number of hydrogen-bond donors (Lipinski definition) is 2. The Morgan fingerprint density at radius 2 is 1.79 bits per heavy atom. The van der Waals surface area contributed by atoms with Crippen molar-refractivity contribution in [1.82, 2.24) is 4.31 Å². The Hall–Kier alpha value is -0.170. The van der Waals surface area contributed by atoms with E-state index in [1.807, 2.05) is 6.92 Å². The van der Waals surface area contributed by atoms with Gasteiger partial charge in [0.1, 0.15) is 0 Å². The van der Waals surface area contributed by atoms with Crippen LogP contribution in [0.2, 0.25) is 0 Å². The van der Waals surface area contributed by atoms with Crippen molar-refractivity contribution < 1.29 is 18.6 Å². The summed E-state index contributed by atoms with van der Waals surface area (Å²) in [6, 6.07) is 0. The molecule has 2 N–H and O–H groups in total. The van der Waals surface area contributed by atoms with Gasteiger partial charge in [0.05, 0.1) is 19.0 Å². The highest BCUT2D eigenvalue weighted by atomic mass is 32.2. The second-order valence-electron chi connectivity index (χ2n) is 3.02. The van der Waals surface area contributed by atoms with Crippen LogP contribution in [0.25, 0.3) is 0 Å². The van der Waals surface area contributed by atoms with E-state index in [4.69, 9.17) is 10.2 Å². The highest BCUT2D eigenvalue weighted by Crippen LogP contribution is 2.03. The molecule has 0 aliphatic rings. The average Bonchev–Trinajstić information content (AvgIpc) is 2.11. The third-order valence-electron chi connectivity index (χ3n) is 1.85.